The lowest BCUT2D eigenvalue weighted by Crippen LogP contribution is -2.28. The van der Waals surface area contributed by atoms with Crippen molar-refractivity contribution in [3.05, 3.63) is 301 Å². The van der Waals surface area contributed by atoms with Gasteiger partial charge in [-0.3, -0.25) is 0 Å². The van der Waals surface area contributed by atoms with Crippen molar-refractivity contribution in [1.29, 1.82) is 0 Å². The fourth-order valence-electron chi connectivity index (χ4n) is 11.2. The van der Waals surface area contributed by atoms with Gasteiger partial charge in [-0.05, 0) is 140 Å². The Kier molecular flexibility index (Phi) is 9.77. The first-order valence-electron chi connectivity index (χ1n) is 23.8. The molecule has 2 nitrogen and oxygen atoms in total. The third kappa shape index (κ3) is 6.72. The maximum atomic E-state index is 2.41. The molecule has 12 aromatic rings. The standard InChI is InChI=1S/C67H46N2/c1-5-19-47(20-6-1)48-35-38-56(39-36-48)69-65-34-16-14-32-60(65)62-45-52(37-42-66(62)69)50-22-17-21-49(43-50)51-23-18-30-57(44-51)68(55-28-11-4-12-29-55)58-40-41-64-61(46-58)59-31-13-15-33-63(59)67(64,53-24-7-2-8-25-53)54-26-9-3-10-27-54/h1-46H. The van der Waals surface area contributed by atoms with Crippen LogP contribution in [0.4, 0.5) is 17.1 Å². The second-order valence-corrected chi connectivity index (χ2v) is 18.1. The summed E-state index contributed by atoms with van der Waals surface area (Å²) in [6.45, 7) is 0. The molecule has 0 N–H and O–H groups in total. The molecule has 0 bridgehead atoms. The number of anilines is 3. The summed E-state index contributed by atoms with van der Waals surface area (Å²) in [5.41, 5.74) is 21.2. The van der Waals surface area contributed by atoms with Crippen LogP contribution in [0.25, 0.3) is 72.0 Å². The maximum Gasteiger partial charge on any atom is 0.0713 e. The van der Waals surface area contributed by atoms with E-state index in [0.29, 0.717) is 0 Å². The van der Waals surface area contributed by atoms with Gasteiger partial charge in [-0.1, -0.05) is 206 Å². The van der Waals surface area contributed by atoms with Crippen LogP contribution in [0.3, 0.4) is 0 Å². The smallest absolute Gasteiger partial charge is 0.0713 e. The summed E-state index contributed by atoms with van der Waals surface area (Å²) in [5, 5.41) is 2.48. The topological polar surface area (TPSA) is 8.17 Å². The summed E-state index contributed by atoms with van der Waals surface area (Å²) in [7, 11) is 0. The van der Waals surface area contributed by atoms with Crippen molar-refractivity contribution in [3.63, 3.8) is 0 Å². The van der Waals surface area contributed by atoms with Crippen LogP contribution in [0.5, 0.6) is 0 Å². The van der Waals surface area contributed by atoms with E-state index in [1.54, 1.807) is 0 Å². The Morgan fingerprint density at radius 3 is 1.49 bits per heavy atom. The average Bonchev–Trinajstić information content (AvgIpc) is 3.92. The first-order valence-corrected chi connectivity index (χ1v) is 23.8. The zero-order chi connectivity index (χ0) is 45.7. The van der Waals surface area contributed by atoms with E-state index in [1.165, 1.54) is 83.0 Å². The highest BCUT2D eigenvalue weighted by molar-refractivity contribution is 6.10. The van der Waals surface area contributed by atoms with E-state index in [1.807, 2.05) is 0 Å². The number of para-hydroxylation sites is 2. The molecule has 0 spiro atoms. The Labute approximate surface area is 403 Å². The molecule has 13 rings (SSSR count). The second kappa shape index (κ2) is 16.7. The zero-order valence-corrected chi connectivity index (χ0v) is 38.0. The van der Waals surface area contributed by atoms with Crippen LogP contribution in [0.1, 0.15) is 22.3 Å². The molecule has 0 unspecified atom stereocenters. The van der Waals surface area contributed by atoms with Crippen molar-refractivity contribution in [2.45, 2.75) is 5.41 Å². The number of hydrogen-bond acceptors (Lipinski definition) is 1. The molecule has 1 heterocycles. The minimum atomic E-state index is -0.452. The number of aromatic nitrogens is 1. The molecule has 2 heteroatoms. The van der Waals surface area contributed by atoms with Gasteiger partial charge in [0.05, 0.1) is 16.4 Å². The monoisotopic (exact) mass is 878 g/mol. The Bertz CT molecular complexity index is 3780. The molecule has 1 aromatic heterocycles. The molecule has 0 atom stereocenters. The Hall–Kier alpha value is -8.98. The molecule has 0 radical (unpaired) electrons. The van der Waals surface area contributed by atoms with Crippen LogP contribution in [-0.4, -0.2) is 4.57 Å². The van der Waals surface area contributed by atoms with Crippen molar-refractivity contribution in [3.8, 4) is 50.2 Å². The fourth-order valence-corrected chi connectivity index (χ4v) is 11.2. The van der Waals surface area contributed by atoms with Crippen molar-refractivity contribution < 1.29 is 0 Å². The first-order chi connectivity index (χ1) is 34.2. The third-order valence-electron chi connectivity index (χ3n) is 14.3. The van der Waals surface area contributed by atoms with E-state index in [-0.39, 0.29) is 0 Å². The van der Waals surface area contributed by atoms with Gasteiger partial charge in [0.1, 0.15) is 0 Å². The van der Waals surface area contributed by atoms with Crippen molar-refractivity contribution in [2.24, 2.45) is 0 Å². The molecular formula is C67H46N2. The van der Waals surface area contributed by atoms with Crippen LogP contribution in [0.2, 0.25) is 0 Å². The lowest BCUT2D eigenvalue weighted by Gasteiger charge is -2.34. The lowest BCUT2D eigenvalue weighted by molar-refractivity contribution is 0.768. The largest absolute Gasteiger partial charge is 0.310 e. The fraction of sp³-hybridized carbons (Fsp3) is 0.0149. The predicted octanol–water partition coefficient (Wildman–Crippen LogP) is 17.6. The average molecular weight is 879 g/mol. The molecule has 0 saturated carbocycles. The summed E-state index contributed by atoms with van der Waals surface area (Å²) in [4.78, 5) is 2.40. The molecule has 0 fully saturated rings. The molecule has 11 aromatic carbocycles. The predicted molar refractivity (Wildman–Crippen MR) is 289 cm³/mol. The van der Waals surface area contributed by atoms with Crippen molar-refractivity contribution in [2.75, 3.05) is 4.90 Å². The maximum absolute atomic E-state index is 2.41. The Morgan fingerprint density at radius 1 is 0.275 bits per heavy atom. The summed E-state index contributed by atoms with van der Waals surface area (Å²) in [6.07, 6.45) is 0. The highest BCUT2D eigenvalue weighted by Gasteiger charge is 2.46. The van der Waals surface area contributed by atoms with Gasteiger partial charge in [0.2, 0.25) is 0 Å². The molecule has 0 amide bonds. The molecule has 0 aliphatic heterocycles. The molecule has 69 heavy (non-hydrogen) atoms. The number of hydrogen-bond donors (Lipinski definition) is 0. The highest BCUT2D eigenvalue weighted by Crippen LogP contribution is 2.57. The summed E-state index contributed by atoms with van der Waals surface area (Å²) in [5.74, 6) is 0. The van der Waals surface area contributed by atoms with Crippen LogP contribution in [0, 0.1) is 0 Å². The van der Waals surface area contributed by atoms with Gasteiger partial charge in [0, 0.05) is 33.5 Å². The van der Waals surface area contributed by atoms with Crippen LogP contribution in [0.15, 0.2) is 279 Å². The number of rotatable bonds is 9. The number of benzene rings is 11. The van der Waals surface area contributed by atoms with Crippen LogP contribution >= 0.6 is 0 Å². The van der Waals surface area contributed by atoms with Gasteiger partial charge in [0.15, 0.2) is 0 Å². The summed E-state index contributed by atoms with van der Waals surface area (Å²) >= 11 is 0. The Balaban J connectivity index is 0.890. The number of nitrogens with zero attached hydrogens (tertiary/aromatic N) is 2. The van der Waals surface area contributed by atoms with Gasteiger partial charge in [-0.2, -0.15) is 0 Å². The lowest BCUT2D eigenvalue weighted by atomic mass is 9.68. The Morgan fingerprint density at radius 2 is 0.768 bits per heavy atom. The van der Waals surface area contributed by atoms with E-state index < -0.39 is 5.41 Å². The van der Waals surface area contributed by atoms with Crippen LogP contribution < -0.4 is 4.90 Å². The molecular weight excluding hydrogens is 833 g/mol. The van der Waals surface area contributed by atoms with Gasteiger partial charge < -0.3 is 9.47 Å². The van der Waals surface area contributed by atoms with Crippen LogP contribution in [-0.2, 0) is 5.41 Å². The summed E-state index contributed by atoms with van der Waals surface area (Å²) < 4.78 is 2.40. The number of fused-ring (bicyclic) bond motifs is 6. The minimum Gasteiger partial charge on any atom is -0.310 e. The molecule has 324 valence electrons. The van der Waals surface area contributed by atoms with Crippen molar-refractivity contribution in [1.82, 2.24) is 4.57 Å². The molecule has 0 saturated heterocycles. The van der Waals surface area contributed by atoms with E-state index in [4.69, 9.17) is 0 Å². The van der Waals surface area contributed by atoms with Gasteiger partial charge in [-0.25, -0.2) is 0 Å². The molecule has 1 aliphatic rings. The zero-order valence-electron chi connectivity index (χ0n) is 38.0. The quantitative estimate of drug-likeness (QED) is 0.140. The normalized spacial score (nSPS) is 12.5. The molecule has 1 aliphatic carbocycles. The van der Waals surface area contributed by atoms with Gasteiger partial charge in [-0.15, -0.1) is 0 Å². The minimum absolute atomic E-state index is 0.452. The SMILES string of the molecule is c1ccc(-c2ccc(-n3c4ccccc4c4cc(-c5cccc(-c6cccc(N(c7ccccc7)c7ccc8c(c7)-c7ccccc7C8(c7ccccc7)c7ccccc7)c6)c5)ccc43)cc2)cc1. The van der Waals surface area contributed by atoms with E-state index in [0.717, 1.165) is 28.3 Å². The van der Waals surface area contributed by atoms with E-state index in [9.17, 15) is 0 Å². The van der Waals surface area contributed by atoms with E-state index >= 15 is 0 Å². The first kappa shape index (κ1) is 40.3. The van der Waals surface area contributed by atoms with Gasteiger partial charge in [0.25, 0.3) is 0 Å². The van der Waals surface area contributed by atoms with E-state index in [2.05, 4.69) is 289 Å². The van der Waals surface area contributed by atoms with Crippen molar-refractivity contribution >= 4 is 38.9 Å². The second-order valence-electron chi connectivity index (χ2n) is 18.1. The third-order valence-corrected chi connectivity index (χ3v) is 14.3. The summed E-state index contributed by atoms with van der Waals surface area (Å²) in [6, 6.07) is 102. The van der Waals surface area contributed by atoms with Gasteiger partial charge >= 0.3 is 0 Å². The highest BCUT2D eigenvalue weighted by atomic mass is 15.1.